The molecule has 20 heavy (non-hydrogen) atoms. The smallest absolute Gasteiger partial charge is 0.336 e. The van der Waals surface area contributed by atoms with E-state index in [-0.39, 0.29) is 33.5 Å². The Hall–Kier alpha value is -2.95. The number of ketones is 2. The molecule has 0 fully saturated rings. The topological polar surface area (TPSA) is 97.5 Å². The van der Waals surface area contributed by atoms with Gasteiger partial charge in [-0.1, -0.05) is 24.3 Å². The standard InChI is InChI=1S/C15H9NO4/c16-10-6-5-9(15(19)20)11-12(10)14(18)8-4-2-1-3-7(8)13(11)17/h1-6H,16H2,(H,19,20). The number of aromatic carboxylic acids is 1. The minimum absolute atomic E-state index is 0.0198. The average molecular weight is 267 g/mol. The molecule has 0 unspecified atom stereocenters. The predicted octanol–water partition coefficient (Wildman–Crippen LogP) is 1.74. The molecular weight excluding hydrogens is 258 g/mol. The number of carboxylic acids is 1. The Morgan fingerprint density at radius 1 is 0.900 bits per heavy atom. The van der Waals surface area contributed by atoms with Crippen molar-refractivity contribution in [3.8, 4) is 0 Å². The van der Waals surface area contributed by atoms with E-state index in [1.54, 1.807) is 12.1 Å². The maximum atomic E-state index is 12.5. The Kier molecular flexibility index (Phi) is 2.44. The molecule has 0 aliphatic heterocycles. The minimum atomic E-state index is -1.26. The molecule has 0 amide bonds. The van der Waals surface area contributed by atoms with Crippen molar-refractivity contribution in [2.45, 2.75) is 0 Å². The van der Waals surface area contributed by atoms with Gasteiger partial charge in [0.1, 0.15) is 0 Å². The van der Waals surface area contributed by atoms with E-state index in [4.69, 9.17) is 5.73 Å². The molecule has 0 heterocycles. The fourth-order valence-electron chi connectivity index (χ4n) is 2.43. The Morgan fingerprint density at radius 2 is 1.45 bits per heavy atom. The Morgan fingerprint density at radius 3 is 2.00 bits per heavy atom. The van der Waals surface area contributed by atoms with Crippen LogP contribution in [-0.2, 0) is 0 Å². The van der Waals surface area contributed by atoms with Crippen molar-refractivity contribution in [2.75, 3.05) is 5.73 Å². The number of fused-ring (bicyclic) bond motifs is 2. The van der Waals surface area contributed by atoms with Crippen LogP contribution in [0.1, 0.15) is 42.2 Å². The van der Waals surface area contributed by atoms with Crippen molar-refractivity contribution in [3.63, 3.8) is 0 Å². The summed E-state index contributed by atoms with van der Waals surface area (Å²) in [5.74, 6) is -2.17. The van der Waals surface area contributed by atoms with Crippen LogP contribution in [0.5, 0.6) is 0 Å². The molecule has 0 aromatic heterocycles. The lowest BCUT2D eigenvalue weighted by Crippen LogP contribution is -2.25. The highest BCUT2D eigenvalue weighted by atomic mass is 16.4. The molecule has 5 heteroatoms. The average Bonchev–Trinajstić information content (AvgIpc) is 2.44. The lowest BCUT2D eigenvalue weighted by Gasteiger charge is -2.20. The highest BCUT2D eigenvalue weighted by molar-refractivity contribution is 6.32. The van der Waals surface area contributed by atoms with Crippen molar-refractivity contribution in [1.29, 1.82) is 0 Å². The van der Waals surface area contributed by atoms with E-state index in [0.29, 0.717) is 0 Å². The SMILES string of the molecule is Nc1ccc(C(=O)O)c2c1C(=O)c1ccccc1C2=O. The number of nitrogen functional groups attached to an aromatic ring is 1. The zero-order valence-electron chi connectivity index (χ0n) is 10.2. The van der Waals surface area contributed by atoms with Gasteiger partial charge in [0, 0.05) is 16.8 Å². The zero-order valence-corrected chi connectivity index (χ0v) is 10.2. The van der Waals surface area contributed by atoms with Gasteiger partial charge in [-0.25, -0.2) is 4.79 Å². The van der Waals surface area contributed by atoms with E-state index in [9.17, 15) is 19.5 Å². The Bertz CT molecular complexity index is 792. The number of nitrogens with two attached hydrogens (primary N) is 1. The fourth-order valence-corrected chi connectivity index (χ4v) is 2.43. The lowest BCUT2D eigenvalue weighted by molar-refractivity contribution is 0.0692. The summed E-state index contributed by atoms with van der Waals surface area (Å²) in [7, 11) is 0. The molecule has 0 bridgehead atoms. The van der Waals surface area contributed by atoms with Crippen LogP contribution in [-0.4, -0.2) is 22.6 Å². The first-order valence-electron chi connectivity index (χ1n) is 5.86. The van der Waals surface area contributed by atoms with Crippen LogP contribution in [0.25, 0.3) is 0 Å². The van der Waals surface area contributed by atoms with Crippen LogP contribution in [0.4, 0.5) is 5.69 Å². The molecule has 1 aliphatic carbocycles. The van der Waals surface area contributed by atoms with Crippen molar-refractivity contribution in [2.24, 2.45) is 0 Å². The molecule has 0 saturated heterocycles. The van der Waals surface area contributed by atoms with Crippen molar-refractivity contribution in [1.82, 2.24) is 0 Å². The van der Waals surface area contributed by atoms with E-state index in [0.717, 1.165) is 0 Å². The third-order valence-corrected chi connectivity index (χ3v) is 3.34. The molecule has 0 atom stereocenters. The van der Waals surface area contributed by atoms with E-state index < -0.39 is 17.5 Å². The van der Waals surface area contributed by atoms with Crippen molar-refractivity contribution >= 4 is 23.2 Å². The number of carboxylic acid groups (broad SMARTS) is 1. The normalized spacial score (nSPS) is 12.8. The molecule has 1 aliphatic rings. The molecule has 2 aromatic carbocycles. The maximum absolute atomic E-state index is 12.5. The van der Waals surface area contributed by atoms with Crippen LogP contribution in [0.15, 0.2) is 36.4 Å². The van der Waals surface area contributed by atoms with Crippen LogP contribution in [0, 0.1) is 0 Å². The van der Waals surface area contributed by atoms with Crippen molar-refractivity contribution < 1.29 is 19.5 Å². The second-order valence-electron chi connectivity index (χ2n) is 4.46. The number of benzene rings is 2. The molecule has 0 spiro atoms. The molecule has 0 saturated carbocycles. The summed E-state index contributed by atoms with van der Waals surface area (Å²) in [6.07, 6.45) is 0. The quantitative estimate of drug-likeness (QED) is 0.654. The second kappa shape index (κ2) is 4.03. The number of anilines is 1. The third kappa shape index (κ3) is 1.46. The van der Waals surface area contributed by atoms with Gasteiger partial charge < -0.3 is 10.8 Å². The second-order valence-corrected chi connectivity index (χ2v) is 4.46. The number of hydrogen-bond donors (Lipinski definition) is 2. The van der Waals surface area contributed by atoms with Crippen LogP contribution < -0.4 is 5.73 Å². The van der Waals surface area contributed by atoms with Gasteiger partial charge >= 0.3 is 5.97 Å². The van der Waals surface area contributed by atoms with Crippen LogP contribution >= 0.6 is 0 Å². The first-order chi connectivity index (χ1) is 9.52. The largest absolute Gasteiger partial charge is 0.478 e. The van der Waals surface area contributed by atoms with Gasteiger partial charge in [0.2, 0.25) is 0 Å². The Labute approximate surface area is 113 Å². The summed E-state index contributed by atoms with van der Waals surface area (Å²) in [5, 5.41) is 9.18. The highest BCUT2D eigenvalue weighted by Gasteiger charge is 2.34. The van der Waals surface area contributed by atoms with Gasteiger partial charge in [-0.2, -0.15) is 0 Å². The molecule has 98 valence electrons. The molecular formula is C15H9NO4. The summed E-state index contributed by atoms with van der Waals surface area (Å²) in [4.78, 5) is 36.1. The lowest BCUT2D eigenvalue weighted by atomic mass is 9.81. The van der Waals surface area contributed by atoms with E-state index in [1.165, 1.54) is 24.3 Å². The predicted molar refractivity (Wildman–Crippen MR) is 71.1 cm³/mol. The monoisotopic (exact) mass is 267 g/mol. The first-order valence-corrected chi connectivity index (χ1v) is 5.86. The molecule has 5 nitrogen and oxygen atoms in total. The number of hydrogen-bond acceptors (Lipinski definition) is 4. The van der Waals surface area contributed by atoms with E-state index in [1.807, 2.05) is 0 Å². The van der Waals surface area contributed by atoms with Crippen LogP contribution in [0.3, 0.4) is 0 Å². The van der Waals surface area contributed by atoms with Crippen molar-refractivity contribution in [3.05, 3.63) is 64.2 Å². The maximum Gasteiger partial charge on any atom is 0.336 e. The van der Waals surface area contributed by atoms with Gasteiger partial charge in [0.15, 0.2) is 11.6 Å². The molecule has 3 rings (SSSR count). The van der Waals surface area contributed by atoms with E-state index >= 15 is 0 Å². The van der Waals surface area contributed by atoms with Gasteiger partial charge in [0.05, 0.1) is 16.7 Å². The third-order valence-electron chi connectivity index (χ3n) is 3.34. The van der Waals surface area contributed by atoms with Gasteiger partial charge in [-0.15, -0.1) is 0 Å². The first kappa shape index (κ1) is 12.1. The molecule has 3 N–H and O–H groups in total. The summed E-state index contributed by atoms with van der Waals surface area (Å²) in [5.41, 5.74) is 5.97. The van der Waals surface area contributed by atoms with Gasteiger partial charge in [-0.05, 0) is 12.1 Å². The number of carbonyl (C=O) groups excluding carboxylic acids is 2. The van der Waals surface area contributed by atoms with Crippen LogP contribution in [0.2, 0.25) is 0 Å². The molecule has 2 aromatic rings. The molecule has 0 radical (unpaired) electrons. The summed E-state index contributed by atoms with van der Waals surface area (Å²) in [6.45, 7) is 0. The van der Waals surface area contributed by atoms with Gasteiger partial charge in [0.25, 0.3) is 0 Å². The summed E-state index contributed by atoms with van der Waals surface area (Å²) in [6, 6.07) is 8.89. The van der Waals surface area contributed by atoms with Gasteiger partial charge in [-0.3, -0.25) is 9.59 Å². The Balaban J connectivity index is 2.41. The fraction of sp³-hybridized carbons (Fsp3) is 0. The zero-order chi connectivity index (χ0) is 14.4. The number of carbonyl (C=O) groups is 3. The van der Waals surface area contributed by atoms with E-state index in [2.05, 4.69) is 0 Å². The highest BCUT2D eigenvalue weighted by Crippen LogP contribution is 2.32. The minimum Gasteiger partial charge on any atom is -0.478 e. The number of rotatable bonds is 1. The summed E-state index contributed by atoms with van der Waals surface area (Å²) >= 11 is 0. The summed E-state index contributed by atoms with van der Waals surface area (Å²) < 4.78 is 0.